The Morgan fingerprint density at radius 3 is 1.53 bits per heavy atom. The van der Waals surface area contributed by atoms with E-state index in [1.807, 2.05) is 0 Å². The largest absolute Gasteiger partial charge is 0.480 e. The van der Waals surface area contributed by atoms with Gasteiger partial charge in [0.15, 0.2) is 0 Å². The molecule has 0 saturated heterocycles. The molecule has 4 unspecified atom stereocenters. The molecule has 0 aliphatic carbocycles. The van der Waals surface area contributed by atoms with E-state index in [2.05, 4.69) is 16.0 Å². The number of hydrogen-bond acceptors (Lipinski definition) is 9. The zero-order valence-electron chi connectivity index (χ0n) is 18.8. The summed E-state index contributed by atoms with van der Waals surface area (Å²) in [6, 6.07) is -5.35. The minimum Gasteiger partial charge on any atom is -0.480 e. The molecule has 34 heavy (non-hydrogen) atoms. The number of aliphatic hydroxyl groups excluding tert-OH is 1. The van der Waals surface area contributed by atoms with Gasteiger partial charge in [-0.15, -0.1) is 0 Å². The summed E-state index contributed by atoms with van der Waals surface area (Å²) in [7, 11) is 0. The molecule has 0 radical (unpaired) electrons. The number of unbranched alkanes of at least 4 members (excludes halogenated alkanes) is 1. The van der Waals surface area contributed by atoms with Crippen LogP contribution in [0, 0.1) is 0 Å². The maximum Gasteiger partial charge on any atom is 0.326 e. The number of aliphatic carboxylic acids is 1. The summed E-state index contributed by atoms with van der Waals surface area (Å²) in [5.74, 6) is -5.52. The second-order valence-electron chi connectivity index (χ2n) is 7.61. The van der Waals surface area contributed by atoms with Gasteiger partial charge >= 0.3 is 5.97 Å². The van der Waals surface area contributed by atoms with Crippen molar-refractivity contribution >= 4 is 35.5 Å². The fourth-order valence-corrected chi connectivity index (χ4v) is 2.77. The van der Waals surface area contributed by atoms with E-state index in [0.29, 0.717) is 19.4 Å². The van der Waals surface area contributed by atoms with Gasteiger partial charge in [0.25, 0.3) is 0 Å². The first-order chi connectivity index (χ1) is 15.9. The van der Waals surface area contributed by atoms with E-state index in [4.69, 9.17) is 28.0 Å². The molecular formula is C19H35N7O8. The smallest absolute Gasteiger partial charge is 0.326 e. The van der Waals surface area contributed by atoms with Crippen molar-refractivity contribution in [3.8, 4) is 0 Å². The highest BCUT2D eigenvalue weighted by molar-refractivity contribution is 5.94. The van der Waals surface area contributed by atoms with Crippen LogP contribution in [0.15, 0.2) is 0 Å². The number of carboxylic acid groups (broad SMARTS) is 1. The highest BCUT2D eigenvalue weighted by atomic mass is 16.4. The number of carbonyl (C=O) groups is 6. The molecular weight excluding hydrogens is 454 g/mol. The molecule has 0 aromatic carbocycles. The topological polar surface area (TPSA) is 283 Å². The summed E-state index contributed by atoms with van der Waals surface area (Å²) in [5.41, 5.74) is 21.0. The van der Waals surface area contributed by atoms with E-state index in [0.717, 1.165) is 0 Å². The predicted molar refractivity (Wildman–Crippen MR) is 118 cm³/mol. The zero-order chi connectivity index (χ0) is 26.3. The third-order valence-electron chi connectivity index (χ3n) is 4.72. The average Bonchev–Trinajstić information content (AvgIpc) is 2.77. The molecule has 0 aliphatic rings. The van der Waals surface area contributed by atoms with Crippen molar-refractivity contribution in [2.24, 2.45) is 22.9 Å². The number of carboxylic acids is 1. The Morgan fingerprint density at radius 2 is 1.15 bits per heavy atom. The number of hydrogen-bond donors (Lipinski definition) is 9. The van der Waals surface area contributed by atoms with Gasteiger partial charge in [-0.25, -0.2) is 4.79 Å². The van der Waals surface area contributed by atoms with Gasteiger partial charge in [0.2, 0.25) is 29.5 Å². The normalized spacial score (nSPS) is 14.2. The second kappa shape index (κ2) is 16.3. The molecule has 4 atom stereocenters. The molecule has 0 saturated carbocycles. The van der Waals surface area contributed by atoms with Crippen molar-refractivity contribution in [2.45, 2.75) is 69.1 Å². The third-order valence-corrected chi connectivity index (χ3v) is 4.72. The van der Waals surface area contributed by atoms with Gasteiger partial charge in [-0.2, -0.15) is 0 Å². The van der Waals surface area contributed by atoms with Crippen LogP contribution in [0.2, 0.25) is 0 Å². The van der Waals surface area contributed by atoms with Crippen LogP contribution in [0.25, 0.3) is 0 Å². The minimum absolute atomic E-state index is 0.0884. The highest BCUT2D eigenvalue weighted by Crippen LogP contribution is 2.06. The Morgan fingerprint density at radius 1 is 0.706 bits per heavy atom. The summed E-state index contributed by atoms with van der Waals surface area (Å²) < 4.78 is 0. The Balaban J connectivity index is 5.53. The van der Waals surface area contributed by atoms with Crippen LogP contribution in [0.3, 0.4) is 0 Å². The minimum atomic E-state index is -1.38. The molecule has 15 heteroatoms. The number of nitrogens with two attached hydrogens (primary N) is 4. The lowest BCUT2D eigenvalue weighted by Crippen LogP contribution is -2.57. The van der Waals surface area contributed by atoms with Gasteiger partial charge in [0.05, 0.1) is 6.61 Å². The lowest BCUT2D eigenvalue weighted by atomic mass is 10.0. The van der Waals surface area contributed by atoms with E-state index in [1.165, 1.54) is 0 Å². The Bertz CT molecular complexity index is 733. The van der Waals surface area contributed by atoms with E-state index < -0.39 is 66.3 Å². The van der Waals surface area contributed by atoms with Crippen LogP contribution < -0.4 is 38.9 Å². The molecule has 194 valence electrons. The van der Waals surface area contributed by atoms with Gasteiger partial charge in [0, 0.05) is 12.8 Å². The van der Waals surface area contributed by atoms with Crippen LogP contribution in [-0.2, 0) is 28.8 Å². The van der Waals surface area contributed by atoms with Gasteiger partial charge in [-0.1, -0.05) is 0 Å². The summed E-state index contributed by atoms with van der Waals surface area (Å²) in [5, 5.41) is 25.2. The standard InChI is InChI=1S/C19H35N7O8/c20-8-2-1-3-13(19(33)34)26-18(32)12(5-7-15(23)29)25-17(31)11(4-6-14(22)28)24-16(30)10(21)9-27/h10-13,27H,1-9,20-21H2,(H2,22,28)(H2,23,29)(H,24,30)(H,25,31)(H,26,32)(H,33,34). The quantitative estimate of drug-likeness (QED) is 0.0831. The van der Waals surface area contributed by atoms with Crippen molar-refractivity contribution in [1.82, 2.24) is 16.0 Å². The SMILES string of the molecule is NCCCCC(NC(=O)C(CCC(N)=O)NC(=O)C(CCC(N)=O)NC(=O)C(N)CO)C(=O)O. The fourth-order valence-electron chi connectivity index (χ4n) is 2.77. The molecule has 0 fully saturated rings. The second-order valence-corrected chi connectivity index (χ2v) is 7.61. The summed E-state index contributed by atoms with van der Waals surface area (Å²) in [6.07, 6.45) is -0.0486. The molecule has 15 nitrogen and oxygen atoms in total. The third kappa shape index (κ3) is 12.7. The van der Waals surface area contributed by atoms with Crippen LogP contribution in [0.1, 0.15) is 44.9 Å². The average molecular weight is 490 g/mol. The molecule has 0 aliphatic heterocycles. The number of rotatable bonds is 18. The molecule has 13 N–H and O–H groups in total. The van der Waals surface area contributed by atoms with E-state index in [1.54, 1.807) is 0 Å². The number of primary amides is 2. The summed E-state index contributed by atoms with van der Waals surface area (Å²) in [6.45, 7) is -0.365. The first-order valence-corrected chi connectivity index (χ1v) is 10.7. The van der Waals surface area contributed by atoms with E-state index in [9.17, 15) is 33.9 Å². The van der Waals surface area contributed by atoms with Gasteiger partial charge < -0.3 is 49.1 Å². The molecule has 0 aromatic heterocycles. The molecule has 0 spiro atoms. The number of amides is 5. The molecule has 5 amide bonds. The van der Waals surface area contributed by atoms with Crippen LogP contribution in [0.4, 0.5) is 0 Å². The van der Waals surface area contributed by atoms with Crippen molar-refractivity contribution in [3.63, 3.8) is 0 Å². The molecule has 0 bridgehead atoms. The maximum atomic E-state index is 12.8. The van der Waals surface area contributed by atoms with Crippen LogP contribution in [-0.4, -0.2) is 83.0 Å². The van der Waals surface area contributed by atoms with Crippen LogP contribution in [0.5, 0.6) is 0 Å². The number of carbonyl (C=O) groups excluding carboxylic acids is 5. The number of aliphatic hydroxyl groups is 1. The Kier molecular flexibility index (Phi) is 14.7. The lowest BCUT2D eigenvalue weighted by Gasteiger charge is -2.25. The monoisotopic (exact) mass is 489 g/mol. The predicted octanol–water partition coefficient (Wildman–Crippen LogP) is -4.50. The number of nitrogens with one attached hydrogen (secondary N) is 3. The maximum absolute atomic E-state index is 12.8. The van der Waals surface area contributed by atoms with Crippen molar-refractivity contribution < 1.29 is 39.0 Å². The van der Waals surface area contributed by atoms with Gasteiger partial charge in [0.1, 0.15) is 24.2 Å². The van der Waals surface area contributed by atoms with Crippen molar-refractivity contribution in [1.29, 1.82) is 0 Å². The molecule has 0 heterocycles. The van der Waals surface area contributed by atoms with E-state index in [-0.39, 0.29) is 32.1 Å². The first-order valence-electron chi connectivity index (χ1n) is 10.7. The van der Waals surface area contributed by atoms with Gasteiger partial charge in [-0.05, 0) is 38.6 Å². The molecule has 0 aromatic rings. The lowest BCUT2D eigenvalue weighted by molar-refractivity contribution is -0.142. The molecule has 0 rings (SSSR count). The van der Waals surface area contributed by atoms with E-state index >= 15 is 0 Å². The zero-order valence-corrected chi connectivity index (χ0v) is 18.8. The Labute approximate surface area is 196 Å². The summed E-state index contributed by atoms with van der Waals surface area (Å²) >= 11 is 0. The van der Waals surface area contributed by atoms with Gasteiger partial charge in [-0.3, -0.25) is 24.0 Å². The Hall–Kier alpha value is -3.30. The highest BCUT2D eigenvalue weighted by Gasteiger charge is 2.30. The van der Waals surface area contributed by atoms with Crippen LogP contribution >= 0.6 is 0 Å². The summed E-state index contributed by atoms with van der Waals surface area (Å²) in [4.78, 5) is 71.3. The fraction of sp³-hybridized carbons (Fsp3) is 0.684. The first kappa shape index (κ1) is 30.7. The van der Waals surface area contributed by atoms with Crippen molar-refractivity contribution in [3.05, 3.63) is 0 Å². The van der Waals surface area contributed by atoms with Crippen molar-refractivity contribution in [2.75, 3.05) is 13.2 Å².